The molecule has 0 heterocycles. The molecule has 0 fully saturated rings. The van der Waals surface area contributed by atoms with Crippen LogP contribution in [0.3, 0.4) is 0 Å². The summed E-state index contributed by atoms with van der Waals surface area (Å²) in [6.07, 6.45) is 0. The standard InChI is InChI=1S/C28H34N2O8S/c1-19-8-13-23(35-4)26(14-19)39(32,33)30(21-9-11-22(34-3)12-10-21)18-27(31)29(2)17-20-15-24(36-5)28(38-7)25(16-20)37-6/h8-16H,17-18H2,1-7H3. The van der Waals surface area contributed by atoms with E-state index in [0.717, 1.165) is 9.87 Å². The molecule has 0 unspecified atom stereocenters. The highest BCUT2D eigenvalue weighted by Crippen LogP contribution is 2.38. The van der Waals surface area contributed by atoms with Gasteiger partial charge in [-0.3, -0.25) is 9.10 Å². The number of anilines is 1. The summed E-state index contributed by atoms with van der Waals surface area (Å²) in [4.78, 5) is 14.9. The van der Waals surface area contributed by atoms with Gasteiger partial charge in [-0.25, -0.2) is 8.42 Å². The van der Waals surface area contributed by atoms with Gasteiger partial charge in [-0.05, 0) is 66.6 Å². The van der Waals surface area contributed by atoms with Gasteiger partial charge in [-0.2, -0.15) is 0 Å². The number of hydrogen-bond donors (Lipinski definition) is 0. The number of hydrogen-bond acceptors (Lipinski definition) is 8. The molecule has 0 N–H and O–H groups in total. The van der Waals surface area contributed by atoms with Gasteiger partial charge in [0.05, 0.1) is 41.2 Å². The molecular formula is C28H34N2O8S. The largest absolute Gasteiger partial charge is 0.497 e. The van der Waals surface area contributed by atoms with Gasteiger partial charge in [0.25, 0.3) is 10.0 Å². The molecule has 0 aromatic heterocycles. The van der Waals surface area contributed by atoms with Crippen LogP contribution in [0.15, 0.2) is 59.5 Å². The third-order valence-corrected chi connectivity index (χ3v) is 7.89. The van der Waals surface area contributed by atoms with E-state index in [0.29, 0.717) is 34.2 Å². The second kappa shape index (κ2) is 12.6. The third-order valence-electron chi connectivity index (χ3n) is 6.10. The number of ether oxygens (including phenoxy) is 5. The van der Waals surface area contributed by atoms with Crippen molar-refractivity contribution in [3.63, 3.8) is 0 Å². The molecule has 39 heavy (non-hydrogen) atoms. The lowest BCUT2D eigenvalue weighted by Crippen LogP contribution is -2.41. The number of sulfonamides is 1. The lowest BCUT2D eigenvalue weighted by Gasteiger charge is -2.27. The Morgan fingerprint density at radius 2 is 1.36 bits per heavy atom. The molecular weight excluding hydrogens is 524 g/mol. The first-order valence-corrected chi connectivity index (χ1v) is 13.4. The minimum Gasteiger partial charge on any atom is -0.497 e. The average molecular weight is 559 g/mol. The van der Waals surface area contributed by atoms with Crippen molar-refractivity contribution in [1.82, 2.24) is 4.90 Å². The molecule has 0 radical (unpaired) electrons. The second-order valence-corrected chi connectivity index (χ2v) is 10.5. The zero-order valence-electron chi connectivity index (χ0n) is 23.2. The van der Waals surface area contributed by atoms with Gasteiger partial charge in [0, 0.05) is 13.6 Å². The highest BCUT2D eigenvalue weighted by atomic mass is 32.2. The number of benzene rings is 3. The van der Waals surface area contributed by atoms with Crippen molar-refractivity contribution in [2.24, 2.45) is 0 Å². The molecule has 0 saturated carbocycles. The van der Waals surface area contributed by atoms with E-state index in [1.54, 1.807) is 62.5 Å². The normalized spacial score (nSPS) is 10.9. The average Bonchev–Trinajstić information content (AvgIpc) is 2.94. The van der Waals surface area contributed by atoms with Crippen molar-refractivity contribution >= 4 is 21.6 Å². The van der Waals surface area contributed by atoms with Gasteiger partial charge in [0.15, 0.2) is 11.5 Å². The van der Waals surface area contributed by atoms with Crippen LogP contribution >= 0.6 is 0 Å². The Hall–Kier alpha value is -4.12. The minimum atomic E-state index is -4.21. The van der Waals surface area contributed by atoms with E-state index in [9.17, 15) is 13.2 Å². The SMILES string of the molecule is COc1ccc(N(CC(=O)N(C)Cc2cc(OC)c(OC)c(OC)c2)S(=O)(=O)c2cc(C)ccc2OC)cc1. The van der Waals surface area contributed by atoms with Crippen LogP contribution in [-0.4, -0.2) is 68.4 Å². The van der Waals surface area contributed by atoms with Crippen LogP contribution in [0.1, 0.15) is 11.1 Å². The van der Waals surface area contributed by atoms with Gasteiger partial charge in [0.2, 0.25) is 11.7 Å². The summed E-state index contributed by atoms with van der Waals surface area (Å²) in [5.41, 5.74) is 1.74. The number of nitrogens with zero attached hydrogens (tertiary/aromatic N) is 2. The van der Waals surface area contributed by atoms with Crippen molar-refractivity contribution in [2.45, 2.75) is 18.4 Å². The molecule has 0 atom stereocenters. The maximum Gasteiger partial charge on any atom is 0.268 e. The molecule has 10 nitrogen and oxygen atoms in total. The molecule has 1 amide bonds. The van der Waals surface area contributed by atoms with Crippen molar-refractivity contribution in [2.75, 3.05) is 53.4 Å². The number of carbonyl (C=O) groups is 1. The van der Waals surface area contributed by atoms with Crippen molar-refractivity contribution < 1.29 is 36.9 Å². The Bertz CT molecular complexity index is 1380. The molecule has 0 bridgehead atoms. The first-order chi connectivity index (χ1) is 18.6. The molecule has 3 aromatic carbocycles. The lowest BCUT2D eigenvalue weighted by molar-refractivity contribution is -0.128. The summed E-state index contributed by atoms with van der Waals surface area (Å²) < 4.78 is 55.8. The highest BCUT2D eigenvalue weighted by Gasteiger charge is 2.31. The number of amides is 1. The monoisotopic (exact) mass is 558 g/mol. The molecule has 0 aliphatic carbocycles. The van der Waals surface area contributed by atoms with Crippen LogP contribution in [0.2, 0.25) is 0 Å². The summed E-state index contributed by atoms with van der Waals surface area (Å²) >= 11 is 0. The van der Waals surface area contributed by atoms with E-state index >= 15 is 0 Å². The molecule has 3 aromatic rings. The van der Waals surface area contributed by atoms with Crippen molar-refractivity contribution in [3.8, 4) is 28.7 Å². The first-order valence-electron chi connectivity index (χ1n) is 11.9. The van der Waals surface area contributed by atoms with Crippen LogP contribution in [0.25, 0.3) is 0 Å². The van der Waals surface area contributed by atoms with Gasteiger partial charge < -0.3 is 28.6 Å². The maximum atomic E-state index is 14.0. The first kappa shape index (κ1) is 29.4. The van der Waals surface area contributed by atoms with Gasteiger partial charge in [0.1, 0.15) is 22.9 Å². The number of rotatable bonds is 12. The van der Waals surface area contributed by atoms with Gasteiger partial charge >= 0.3 is 0 Å². The summed E-state index contributed by atoms with van der Waals surface area (Å²) in [5, 5.41) is 0. The summed E-state index contributed by atoms with van der Waals surface area (Å²) in [6.45, 7) is 1.50. The summed E-state index contributed by atoms with van der Waals surface area (Å²) in [7, 11) is 4.83. The van der Waals surface area contributed by atoms with Crippen molar-refractivity contribution in [3.05, 3.63) is 65.7 Å². The quantitative estimate of drug-likeness (QED) is 0.330. The smallest absolute Gasteiger partial charge is 0.268 e. The fourth-order valence-electron chi connectivity index (χ4n) is 4.00. The van der Waals surface area contributed by atoms with Gasteiger partial charge in [-0.15, -0.1) is 0 Å². The predicted octanol–water partition coefficient (Wildman–Crippen LogP) is 3.89. The van der Waals surface area contributed by atoms with E-state index in [1.165, 1.54) is 46.5 Å². The zero-order chi connectivity index (χ0) is 28.7. The highest BCUT2D eigenvalue weighted by molar-refractivity contribution is 7.93. The maximum absolute atomic E-state index is 14.0. The number of carbonyl (C=O) groups excluding carboxylic acids is 1. The summed E-state index contributed by atoms with van der Waals surface area (Å²) in [6, 6.07) is 14.8. The fourth-order valence-corrected chi connectivity index (χ4v) is 5.66. The minimum absolute atomic E-state index is 0.0408. The Balaban J connectivity index is 1.98. The van der Waals surface area contributed by atoms with E-state index in [2.05, 4.69) is 0 Å². The van der Waals surface area contributed by atoms with E-state index in [-0.39, 0.29) is 17.2 Å². The zero-order valence-corrected chi connectivity index (χ0v) is 24.0. The topological polar surface area (TPSA) is 104 Å². The molecule has 3 rings (SSSR count). The van der Waals surface area contributed by atoms with Crippen LogP contribution in [0, 0.1) is 6.92 Å². The van der Waals surface area contributed by atoms with E-state index in [4.69, 9.17) is 23.7 Å². The Morgan fingerprint density at radius 3 is 1.87 bits per heavy atom. The van der Waals surface area contributed by atoms with Crippen LogP contribution in [0.5, 0.6) is 28.7 Å². The van der Waals surface area contributed by atoms with Crippen LogP contribution in [0.4, 0.5) is 5.69 Å². The Labute approximate surface area is 229 Å². The van der Waals surface area contributed by atoms with E-state index < -0.39 is 22.5 Å². The van der Waals surface area contributed by atoms with Crippen LogP contribution < -0.4 is 28.0 Å². The summed E-state index contributed by atoms with van der Waals surface area (Å²) in [5.74, 6) is 1.62. The van der Waals surface area contributed by atoms with E-state index in [1.807, 2.05) is 0 Å². The molecule has 0 spiro atoms. The number of methoxy groups -OCH3 is 5. The Kier molecular flexibility index (Phi) is 9.52. The fraction of sp³-hybridized carbons (Fsp3) is 0.321. The third kappa shape index (κ3) is 6.48. The predicted molar refractivity (Wildman–Crippen MR) is 148 cm³/mol. The lowest BCUT2D eigenvalue weighted by atomic mass is 10.1. The number of likely N-dealkylation sites (N-methyl/N-ethyl adjacent to an activating group) is 1. The van der Waals surface area contributed by atoms with Gasteiger partial charge in [-0.1, -0.05) is 6.07 Å². The molecule has 11 heteroatoms. The molecule has 0 saturated heterocycles. The molecule has 0 aliphatic rings. The van der Waals surface area contributed by atoms with Crippen LogP contribution in [-0.2, 0) is 21.4 Å². The van der Waals surface area contributed by atoms with Crippen molar-refractivity contribution in [1.29, 1.82) is 0 Å². The molecule has 0 aliphatic heterocycles. The number of aryl methyl sites for hydroxylation is 1. The molecule has 210 valence electrons. The Morgan fingerprint density at radius 1 is 0.769 bits per heavy atom. The second-order valence-electron chi connectivity index (χ2n) is 8.65.